The number of para-hydroxylation sites is 1. The fourth-order valence-electron chi connectivity index (χ4n) is 3.36. The number of carbonyl (C=O) groups excluding carboxylic acids is 1. The highest BCUT2D eigenvalue weighted by Crippen LogP contribution is 2.38. The molecule has 2 aromatic carbocycles. The van der Waals surface area contributed by atoms with Gasteiger partial charge in [-0.05, 0) is 23.6 Å². The van der Waals surface area contributed by atoms with Crippen LogP contribution in [0.4, 0.5) is 0 Å². The lowest BCUT2D eigenvalue weighted by atomic mass is 9.84. The third-order valence-corrected chi connectivity index (χ3v) is 4.53. The highest BCUT2D eigenvalue weighted by Gasteiger charge is 2.39. The Morgan fingerprint density at radius 3 is 2.65 bits per heavy atom. The molecule has 23 heavy (non-hydrogen) atoms. The van der Waals surface area contributed by atoms with Gasteiger partial charge in [0.15, 0.2) is 0 Å². The molecule has 0 radical (unpaired) electrons. The molecule has 0 spiro atoms. The molecule has 0 saturated carbocycles. The number of aromatic nitrogens is 3. The number of nitrogens with zero attached hydrogens (tertiary/aromatic N) is 4. The number of hydrogen-bond acceptors (Lipinski definition) is 3. The second kappa shape index (κ2) is 5.50. The first-order valence-corrected chi connectivity index (χ1v) is 7.86. The normalized spacial score (nSPS) is 20.5. The first-order valence-electron chi connectivity index (χ1n) is 7.86. The molecule has 2 atom stereocenters. The number of likely N-dealkylation sites (tertiary alicyclic amines) is 1. The Morgan fingerprint density at radius 1 is 1.13 bits per heavy atom. The summed E-state index contributed by atoms with van der Waals surface area (Å²) < 4.78 is 1.68. The van der Waals surface area contributed by atoms with E-state index in [2.05, 4.69) is 29.4 Å². The summed E-state index contributed by atoms with van der Waals surface area (Å²) in [5, 5.41) is 8.22. The first-order chi connectivity index (χ1) is 11.2. The summed E-state index contributed by atoms with van der Waals surface area (Å²) in [6.45, 7) is 3.22. The molecule has 3 aromatic rings. The van der Waals surface area contributed by atoms with Crippen molar-refractivity contribution in [2.75, 3.05) is 6.54 Å². The van der Waals surface area contributed by atoms with Gasteiger partial charge in [-0.15, -0.1) is 5.10 Å². The molecule has 2 unspecified atom stereocenters. The predicted octanol–water partition coefficient (Wildman–Crippen LogP) is 2.65. The van der Waals surface area contributed by atoms with Crippen molar-refractivity contribution in [1.29, 1.82) is 0 Å². The number of benzene rings is 2. The number of amides is 1. The van der Waals surface area contributed by atoms with Gasteiger partial charge in [0, 0.05) is 6.54 Å². The quantitative estimate of drug-likeness (QED) is 0.747. The SMILES string of the molecule is CC1CN(C(=O)Cn2nnc3ccccc32)C1c1ccccc1. The predicted molar refractivity (Wildman–Crippen MR) is 87.6 cm³/mol. The lowest BCUT2D eigenvalue weighted by Gasteiger charge is -2.47. The number of fused-ring (bicyclic) bond motifs is 1. The van der Waals surface area contributed by atoms with Crippen molar-refractivity contribution in [3.8, 4) is 0 Å². The van der Waals surface area contributed by atoms with E-state index in [4.69, 9.17) is 0 Å². The molecule has 116 valence electrons. The topological polar surface area (TPSA) is 51.0 Å². The van der Waals surface area contributed by atoms with Gasteiger partial charge in [0.05, 0.1) is 11.6 Å². The standard InChI is InChI=1S/C18H18N4O/c1-13-11-21(18(13)14-7-3-2-4-8-14)17(23)12-22-16-10-6-5-9-15(16)19-20-22/h2-10,13,18H,11-12H2,1H3. The highest BCUT2D eigenvalue weighted by atomic mass is 16.2. The molecule has 1 amide bonds. The minimum atomic E-state index is 0.0904. The van der Waals surface area contributed by atoms with Crippen LogP contribution >= 0.6 is 0 Å². The number of carbonyl (C=O) groups is 1. The summed E-state index contributed by atoms with van der Waals surface area (Å²) in [4.78, 5) is 14.6. The molecule has 5 nitrogen and oxygen atoms in total. The maximum atomic E-state index is 12.7. The van der Waals surface area contributed by atoms with Crippen LogP contribution in [-0.4, -0.2) is 32.3 Å². The van der Waals surface area contributed by atoms with E-state index in [0.717, 1.165) is 17.6 Å². The van der Waals surface area contributed by atoms with E-state index in [-0.39, 0.29) is 18.5 Å². The largest absolute Gasteiger partial charge is 0.333 e. The molecule has 1 fully saturated rings. The minimum absolute atomic E-state index is 0.0904. The van der Waals surface area contributed by atoms with Crippen molar-refractivity contribution >= 4 is 16.9 Å². The van der Waals surface area contributed by atoms with Crippen molar-refractivity contribution in [1.82, 2.24) is 19.9 Å². The number of hydrogen-bond donors (Lipinski definition) is 0. The average Bonchev–Trinajstić information content (AvgIpc) is 2.96. The molecule has 4 rings (SSSR count). The Hall–Kier alpha value is -2.69. The summed E-state index contributed by atoms with van der Waals surface area (Å²) in [6.07, 6.45) is 0. The zero-order chi connectivity index (χ0) is 15.8. The molecule has 2 heterocycles. The van der Waals surface area contributed by atoms with Gasteiger partial charge < -0.3 is 4.90 Å². The Bertz CT molecular complexity index is 842. The van der Waals surface area contributed by atoms with Crippen molar-refractivity contribution in [2.24, 2.45) is 5.92 Å². The van der Waals surface area contributed by atoms with Crippen LogP contribution in [0.25, 0.3) is 11.0 Å². The van der Waals surface area contributed by atoms with Crippen LogP contribution in [0.5, 0.6) is 0 Å². The summed E-state index contributed by atoms with van der Waals surface area (Å²) in [5.41, 5.74) is 2.91. The second-order valence-corrected chi connectivity index (χ2v) is 6.11. The monoisotopic (exact) mass is 306 g/mol. The summed E-state index contributed by atoms with van der Waals surface area (Å²) >= 11 is 0. The minimum Gasteiger partial charge on any atom is -0.333 e. The van der Waals surface area contributed by atoms with Crippen molar-refractivity contribution in [3.05, 3.63) is 60.2 Å². The van der Waals surface area contributed by atoms with E-state index in [1.165, 1.54) is 5.56 Å². The average molecular weight is 306 g/mol. The Morgan fingerprint density at radius 2 is 1.87 bits per heavy atom. The molecular weight excluding hydrogens is 288 g/mol. The van der Waals surface area contributed by atoms with E-state index in [0.29, 0.717) is 5.92 Å². The lowest BCUT2D eigenvalue weighted by Crippen LogP contribution is -2.52. The third-order valence-electron chi connectivity index (χ3n) is 4.53. The molecule has 5 heteroatoms. The van der Waals surface area contributed by atoms with Gasteiger partial charge >= 0.3 is 0 Å². The van der Waals surface area contributed by atoms with Crippen LogP contribution in [0.2, 0.25) is 0 Å². The highest BCUT2D eigenvalue weighted by molar-refractivity contribution is 5.80. The van der Waals surface area contributed by atoms with Gasteiger partial charge in [-0.2, -0.15) is 0 Å². The zero-order valence-corrected chi connectivity index (χ0v) is 13.0. The van der Waals surface area contributed by atoms with E-state index in [1.807, 2.05) is 47.4 Å². The molecule has 1 aliphatic rings. The fourth-order valence-corrected chi connectivity index (χ4v) is 3.36. The van der Waals surface area contributed by atoms with Gasteiger partial charge in [0.2, 0.25) is 5.91 Å². The van der Waals surface area contributed by atoms with Crippen molar-refractivity contribution in [2.45, 2.75) is 19.5 Å². The second-order valence-electron chi connectivity index (χ2n) is 6.11. The molecule has 0 bridgehead atoms. The van der Waals surface area contributed by atoms with Crippen molar-refractivity contribution in [3.63, 3.8) is 0 Å². The van der Waals surface area contributed by atoms with Gasteiger partial charge in [-0.1, -0.05) is 54.6 Å². The van der Waals surface area contributed by atoms with Gasteiger partial charge in [0.25, 0.3) is 0 Å². The molecular formula is C18H18N4O. The summed E-state index contributed by atoms with van der Waals surface area (Å²) in [6, 6.07) is 18.1. The molecule has 1 aromatic heterocycles. The Labute approximate surface area is 134 Å². The van der Waals surface area contributed by atoms with E-state index in [9.17, 15) is 4.79 Å². The molecule has 1 aliphatic heterocycles. The van der Waals surface area contributed by atoms with Crippen LogP contribution in [0, 0.1) is 5.92 Å². The van der Waals surface area contributed by atoms with Gasteiger partial charge in [-0.25, -0.2) is 4.68 Å². The van der Waals surface area contributed by atoms with Crippen LogP contribution in [0.15, 0.2) is 54.6 Å². The van der Waals surface area contributed by atoms with Crippen LogP contribution < -0.4 is 0 Å². The maximum Gasteiger partial charge on any atom is 0.244 e. The maximum absolute atomic E-state index is 12.7. The number of rotatable bonds is 3. The van der Waals surface area contributed by atoms with Crippen LogP contribution in [0.3, 0.4) is 0 Å². The zero-order valence-electron chi connectivity index (χ0n) is 13.0. The lowest BCUT2D eigenvalue weighted by molar-refractivity contribution is -0.144. The smallest absolute Gasteiger partial charge is 0.244 e. The van der Waals surface area contributed by atoms with E-state index in [1.54, 1.807) is 4.68 Å². The summed E-state index contributed by atoms with van der Waals surface area (Å²) in [7, 11) is 0. The molecule has 1 saturated heterocycles. The third kappa shape index (κ3) is 2.38. The van der Waals surface area contributed by atoms with E-state index < -0.39 is 0 Å². The molecule has 0 aliphatic carbocycles. The fraction of sp³-hybridized carbons (Fsp3) is 0.278. The van der Waals surface area contributed by atoms with E-state index >= 15 is 0 Å². The Kier molecular flexibility index (Phi) is 3.33. The first kappa shape index (κ1) is 13.9. The Balaban J connectivity index is 1.55. The van der Waals surface area contributed by atoms with Crippen LogP contribution in [0.1, 0.15) is 18.5 Å². The molecule has 0 N–H and O–H groups in total. The van der Waals surface area contributed by atoms with Crippen molar-refractivity contribution < 1.29 is 4.79 Å². The van der Waals surface area contributed by atoms with Gasteiger partial charge in [0.1, 0.15) is 12.1 Å². The summed E-state index contributed by atoms with van der Waals surface area (Å²) in [5.74, 6) is 0.571. The van der Waals surface area contributed by atoms with Gasteiger partial charge in [-0.3, -0.25) is 4.79 Å². The van der Waals surface area contributed by atoms with Crippen LogP contribution in [-0.2, 0) is 11.3 Å².